The molecule has 0 rings (SSSR count). The molecule has 0 aliphatic rings. The maximum absolute atomic E-state index is 12.0. The van der Waals surface area contributed by atoms with Crippen LogP contribution >= 0.6 is 0 Å². The summed E-state index contributed by atoms with van der Waals surface area (Å²) in [7, 11) is 0. The number of esters is 1. The zero-order valence-electron chi connectivity index (χ0n) is 24.1. The van der Waals surface area contributed by atoms with Crippen molar-refractivity contribution in [3.05, 3.63) is 12.2 Å². The summed E-state index contributed by atoms with van der Waals surface area (Å²) in [6, 6.07) is 0. The van der Waals surface area contributed by atoms with Crippen molar-refractivity contribution in [1.82, 2.24) is 0 Å². The quantitative estimate of drug-likeness (QED) is 0.0648. The third-order valence-corrected chi connectivity index (χ3v) is 6.98. The summed E-state index contributed by atoms with van der Waals surface area (Å²) < 4.78 is 5.59. The van der Waals surface area contributed by atoms with Gasteiger partial charge in [0.15, 0.2) is 0 Å². The van der Waals surface area contributed by atoms with E-state index < -0.39 is 5.97 Å². The van der Waals surface area contributed by atoms with E-state index in [4.69, 9.17) is 9.84 Å². The van der Waals surface area contributed by atoms with E-state index >= 15 is 0 Å². The molecule has 0 amide bonds. The molecule has 4 heteroatoms. The number of hydrogen-bond acceptors (Lipinski definition) is 3. The molecule has 0 heterocycles. The van der Waals surface area contributed by atoms with Crippen LogP contribution in [-0.4, -0.2) is 23.1 Å². The molecule has 212 valence electrons. The highest BCUT2D eigenvalue weighted by molar-refractivity contribution is 5.69. The topological polar surface area (TPSA) is 63.6 Å². The lowest BCUT2D eigenvalue weighted by Gasteiger charge is -2.13. The van der Waals surface area contributed by atoms with Gasteiger partial charge in [0, 0.05) is 12.8 Å². The summed E-state index contributed by atoms with van der Waals surface area (Å²) in [6.45, 7) is 4.27. The Morgan fingerprint density at radius 1 is 0.611 bits per heavy atom. The first-order valence-electron chi connectivity index (χ1n) is 15.6. The standard InChI is InChI=1S/C32H60O4/c1-3-4-5-6-7-8-12-17-20-23-26-29-32(35)36-30(2)27-24-21-18-15-13-10-9-11-14-16-19-22-25-28-31(33)34/h6-7,30H,3-5,8-29H2,1-2H3,(H,33,34)/b7-6-. The van der Waals surface area contributed by atoms with Crippen LogP contribution in [0.3, 0.4) is 0 Å². The highest BCUT2D eigenvalue weighted by Gasteiger charge is 2.09. The number of aliphatic carboxylic acids is 1. The number of ether oxygens (including phenoxy) is 1. The molecule has 1 N–H and O–H groups in total. The first-order valence-corrected chi connectivity index (χ1v) is 15.6. The second kappa shape index (κ2) is 28.3. The summed E-state index contributed by atoms with van der Waals surface area (Å²) in [5, 5.41) is 8.62. The van der Waals surface area contributed by atoms with E-state index in [2.05, 4.69) is 19.1 Å². The molecule has 0 aromatic rings. The Balaban J connectivity index is 3.32. The van der Waals surface area contributed by atoms with Crippen molar-refractivity contribution in [3.8, 4) is 0 Å². The third-order valence-electron chi connectivity index (χ3n) is 6.98. The maximum atomic E-state index is 12.0. The molecule has 0 aromatic carbocycles. The Kier molecular flexibility index (Phi) is 27.2. The van der Waals surface area contributed by atoms with Crippen molar-refractivity contribution in [2.24, 2.45) is 0 Å². The van der Waals surface area contributed by atoms with Crippen molar-refractivity contribution < 1.29 is 19.4 Å². The normalized spacial score (nSPS) is 12.3. The molecule has 1 atom stereocenters. The molecule has 0 radical (unpaired) electrons. The largest absolute Gasteiger partial charge is 0.481 e. The van der Waals surface area contributed by atoms with Crippen LogP contribution < -0.4 is 0 Å². The number of hydrogen-bond donors (Lipinski definition) is 1. The molecular weight excluding hydrogens is 448 g/mol. The number of allylic oxidation sites excluding steroid dienone is 2. The van der Waals surface area contributed by atoms with Crippen molar-refractivity contribution in [3.63, 3.8) is 0 Å². The summed E-state index contributed by atoms with van der Waals surface area (Å²) >= 11 is 0. The zero-order chi connectivity index (χ0) is 26.5. The van der Waals surface area contributed by atoms with Gasteiger partial charge in [-0.05, 0) is 51.9 Å². The van der Waals surface area contributed by atoms with Gasteiger partial charge in [0.05, 0.1) is 6.10 Å². The van der Waals surface area contributed by atoms with Crippen molar-refractivity contribution in [1.29, 1.82) is 0 Å². The summed E-state index contributed by atoms with van der Waals surface area (Å²) in [5.41, 5.74) is 0. The molecule has 0 bridgehead atoms. The van der Waals surface area contributed by atoms with Crippen molar-refractivity contribution in [2.45, 2.75) is 180 Å². The average molecular weight is 509 g/mol. The number of rotatable bonds is 28. The summed E-state index contributed by atoms with van der Waals surface area (Å²) in [6.07, 6.45) is 33.4. The van der Waals surface area contributed by atoms with E-state index in [-0.39, 0.29) is 12.1 Å². The number of carbonyl (C=O) groups excluding carboxylic acids is 1. The van der Waals surface area contributed by atoms with Gasteiger partial charge >= 0.3 is 11.9 Å². The van der Waals surface area contributed by atoms with Gasteiger partial charge in [-0.2, -0.15) is 0 Å². The second-order valence-corrected chi connectivity index (χ2v) is 10.7. The highest BCUT2D eigenvalue weighted by Crippen LogP contribution is 2.15. The van der Waals surface area contributed by atoms with Crippen molar-refractivity contribution in [2.75, 3.05) is 0 Å². The SMILES string of the molecule is CCCC/C=C\CCCCCCCC(=O)OC(C)CCCCCCCCCCCCCCCC(=O)O. The fourth-order valence-corrected chi connectivity index (χ4v) is 4.61. The fraction of sp³-hybridized carbons (Fsp3) is 0.875. The number of carboxylic acid groups (broad SMARTS) is 1. The van der Waals surface area contributed by atoms with Crippen LogP contribution in [0.1, 0.15) is 174 Å². The van der Waals surface area contributed by atoms with E-state index in [1.54, 1.807) is 0 Å². The van der Waals surface area contributed by atoms with Crippen LogP contribution in [0.5, 0.6) is 0 Å². The predicted octanol–water partition coefficient (Wildman–Crippen LogP) is 10.3. The van der Waals surface area contributed by atoms with Crippen LogP contribution in [0.15, 0.2) is 12.2 Å². The Labute approximate surface area is 224 Å². The molecular formula is C32H60O4. The minimum absolute atomic E-state index is 0.0124. The molecule has 4 nitrogen and oxygen atoms in total. The number of unbranched alkanes of at least 4 members (excludes halogenated alkanes) is 19. The van der Waals surface area contributed by atoms with Crippen LogP contribution in [0.25, 0.3) is 0 Å². The van der Waals surface area contributed by atoms with Crippen molar-refractivity contribution >= 4 is 11.9 Å². The van der Waals surface area contributed by atoms with Gasteiger partial charge in [0.1, 0.15) is 0 Å². The summed E-state index contributed by atoms with van der Waals surface area (Å²) in [4.78, 5) is 22.5. The van der Waals surface area contributed by atoms with E-state index in [0.29, 0.717) is 12.8 Å². The van der Waals surface area contributed by atoms with Crippen LogP contribution in [0, 0.1) is 0 Å². The minimum Gasteiger partial charge on any atom is -0.481 e. The van der Waals surface area contributed by atoms with Gasteiger partial charge in [-0.3, -0.25) is 9.59 Å². The third kappa shape index (κ3) is 28.9. The predicted molar refractivity (Wildman–Crippen MR) is 153 cm³/mol. The molecule has 1 unspecified atom stereocenters. The Morgan fingerprint density at radius 2 is 1.03 bits per heavy atom. The number of carbonyl (C=O) groups is 2. The molecule has 36 heavy (non-hydrogen) atoms. The van der Waals surface area contributed by atoms with Crippen LogP contribution in [-0.2, 0) is 14.3 Å². The van der Waals surface area contributed by atoms with Gasteiger partial charge in [0.25, 0.3) is 0 Å². The van der Waals surface area contributed by atoms with E-state index in [1.807, 2.05) is 6.92 Å². The average Bonchev–Trinajstić information content (AvgIpc) is 2.84. The zero-order valence-corrected chi connectivity index (χ0v) is 24.1. The monoisotopic (exact) mass is 508 g/mol. The Bertz CT molecular complexity index is 514. The van der Waals surface area contributed by atoms with E-state index in [0.717, 1.165) is 38.5 Å². The fourth-order valence-electron chi connectivity index (χ4n) is 4.61. The molecule has 0 saturated carbocycles. The molecule has 0 aliphatic carbocycles. The van der Waals surface area contributed by atoms with Gasteiger partial charge in [-0.15, -0.1) is 0 Å². The second-order valence-electron chi connectivity index (χ2n) is 10.7. The molecule has 0 saturated heterocycles. The molecule has 0 spiro atoms. The molecule has 0 aromatic heterocycles. The Hall–Kier alpha value is -1.32. The van der Waals surface area contributed by atoms with Crippen LogP contribution in [0.4, 0.5) is 0 Å². The van der Waals surface area contributed by atoms with E-state index in [1.165, 1.54) is 109 Å². The smallest absolute Gasteiger partial charge is 0.306 e. The van der Waals surface area contributed by atoms with Gasteiger partial charge in [-0.1, -0.05) is 122 Å². The lowest BCUT2D eigenvalue weighted by atomic mass is 10.0. The highest BCUT2D eigenvalue weighted by atomic mass is 16.5. The van der Waals surface area contributed by atoms with Gasteiger partial charge in [-0.25, -0.2) is 0 Å². The van der Waals surface area contributed by atoms with E-state index in [9.17, 15) is 9.59 Å². The first kappa shape index (κ1) is 34.7. The minimum atomic E-state index is -0.670. The molecule has 0 fully saturated rings. The number of carboxylic acids is 1. The maximum Gasteiger partial charge on any atom is 0.306 e. The van der Waals surface area contributed by atoms with Gasteiger partial charge < -0.3 is 9.84 Å². The Morgan fingerprint density at radius 3 is 1.53 bits per heavy atom. The first-order chi connectivity index (χ1) is 17.6. The molecule has 0 aliphatic heterocycles. The van der Waals surface area contributed by atoms with Crippen LogP contribution in [0.2, 0.25) is 0 Å². The lowest BCUT2D eigenvalue weighted by Crippen LogP contribution is -2.14. The lowest BCUT2D eigenvalue weighted by molar-refractivity contribution is -0.148. The van der Waals surface area contributed by atoms with Gasteiger partial charge in [0.2, 0.25) is 0 Å². The summed E-state index contributed by atoms with van der Waals surface area (Å²) in [5.74, 6) is -0.682.